The first-order valence-electron chi connectivity index (χ1n) is 4.57. The molecule has 0 spiro atoms. The maximum atomic E-state index is 11.2. The Labute approximate surface area is 83.3 Å². The summed E-state index contributed by atoms with van der Waals surface area (Å²) in [5, 5.41) is 11.2. The number of Topliss-reactive ketones (excluding diaryl/α,β-unsaturated/α-hetero) is 1. The Balaban J connectivity index is 2.65. The third kappa shape index (κ3) is 3.39. The van der Waals surface area contributed by atoms with Crippen LogP contribution in [-0.4, -0.2) is 23.3 Å². The first-order chi connectivity index (χ1) is 6.72. The highest BCUT2D eigenvalue weighted by Gasteiger charge is 2.03. The summed E-state index contributed by atoms with van der Waals surface area (Å²) in [5.41, 5.74) is 0.811. The molecule has 0 fully saturated rings. The van der Waals surface area contributed by atoms with Gasteiger partial charge in [-0.2, -0.15) is 0 Å². The fourth-order valence-electron chi connectivity index (χ4n) is 1.04. The molecule has 1 aromatic carbocycles. The summed E-state index contributed by atoms with van der Waals surface area (Å²) in [7, 11) is 0. The van der Waals surface area contributed by atoms with Crippen molar-refractivity contribution in [3.8, 4) is 0 Å². The van der Waals surface area contributed by atoms with Gasteiger partial charge in [0.15, 0.2) is 12.0 Å². The molecule has 1 aromatic rings. The summed E-state index contributed by atoms with van der Waals surface area (Å²) in [5.74, 6) is -0.0489. The SMILES string of the molecule is CCC(=O)C[N+]([O-])=Cc1ccccc1. The smallest absolute Gasteiger partial charge is 0.211 e. The van der Waals surface area contributed by atoms with Crippen molar-refractivity contribution in [2.75, 3.05) is 6.54 Å². The minimum absolute atomic E-state index is 0.0489. The van der Waals surface area contributed by atoms with Gasteiger partial charge in [-0.1, -0.05) is 25.1 Å². The van der Waals surface area contributed by atoms with Gasteiger partial charge in [0.05, 0.1) is 0 Å². The Morgan fingerprint density at radius 2 is 2.07 bits per heavy atom. The first kappa shape index (κ1) is 10.4. The molecule has 3 heteroatoms. The van der Waals surface area contributed by atoms with Crippen LogP contribution in [0.5, 0.6) is 0 Å². The second-order valence-corrected chi connectivity index (χ2v) is 3.01. The molecule has 0 aliphatic heterocycles. The van der Waals surface area contributed by atoms with Crippen LogP contribution in [-0.2, 0) is 4.79 Å². The number of carbonyl (C=O) groups excluding carboxylic acids is 1. The zero-order valence-corrected chi connectivity index (χ0v) is 8.14. The molecule has 0 unspecified atom stereocenters. The minimum atomic E-state index is -0.0641. The van der Waals surface area contributed by atoms with Crippen molar-refractivity contribution in [3.05, 3.63) is 41.1 Å². The van der Waals surface area contributed by atoms with Crippen molar-refractivity contribution >= 4 is 12.0 Å². The second-order valence-electron chi connectivity index (χ2n) is 3.01. The van der Waals surface area contributed by atoms with Crippen LogP contribution in [0.25, 0.3) is 0 Å². The normalized spacial score (nSPS) is 11.4. The Hall–Kier alpha value is -1.64. The van der Waals surface area contributed by atoms with E-state index in [1.807, 2.05) is 30.3 Å². The molecular weight excluding hydrogens is 178 g/mol. The summed E-state index contributed by atoms with van der Waals surface area (Å²) < 4.78 is 0.668. The van der Waals surface area contributed by atoms with E-state index < -0.39 is 0 Å². The van der Waals surface area contributed by atoms with Gasteiger partial charge in [-0.15, -0.1) is 0 Å². The van der Waals surface area contributed by atoms with Crippen molar-refractivity contribution in [3.63, 3.8) is 0 Å². The molecule has 0 atom stereocenters. The van der Waals surface area contributed by atoms with Gasteiger partial charge in [0, 0.05) is 12.0 Å². The molecule has 0 radical (unpaired) electrons. The zero-order chi connectivity index (χ0) is 10.4. The lowest BCUT2D eigenvalue weighted by atomic mass is 10.2. The molecule has 14 heavy (non-hydrogen) atoms. The largest absolute Gasteiger partial charge is 0.623 e. The highest BCUT2D eigenvalue weighted by molar-refractivity contribution is 5.81. The number of hydrogen-bond acceptors (Lipinski definition) is 2. The van der Waals surface area contributed by atoms with Crippen molar-refractivity contribution in [2.45, 2.75) is 13.3 Å². The average molecular weight is 191 g/mol. The summed E-state index contributed by atoms with van der Waals surface area (Å²) in [4.78, 5) is 11.0. The summed E-state index contributed by atoms with van der Waals surface area (Å²) in [6.45, 7) is 1.68. The van der Waals surface area contributed by atoms with Crippen LogP contribution in [0.15, 0.2) is 30.3 Å². The predicted molar refractivity (Wildman–Crippen MR) is 55.4 cm³/mol. The van der Waals surface area contributed by atoms with Crippen LogP contribution in [0.1, 0.15) is 18.9 Å². The van der Waals surface area contributed by atoms with Crippen LogP contribution >= 0.6 is 0 Å². The second kappa shape index (κ2) is 5.17. The molecule has 0 heterocycles. The minimum Gasteiger partial charge on any atom is -0.623 e. The van der Waals surface area contributed by atoms with Crippen molar-refractivity contribution in [1.29, 1.82) is 0 Å². The fraction of sp³-hybridized carbons (Fsp3) is 0.273. The predicted octanol–water partition coefficient (Wildman–Crippen LogP) is 1.59. The molecule has 0 bridgehead atoms. The third-order valence-corrected chi connectivity index (χ3v) is 1.82. The molecule has 1 rings (SSSR count). The lowest BCUT2D eigenvalue weighted by Crippen LogP contribution is -2.16. The van der Waals surface area contributed by atoms with E-state index in [1.54, 1.807) is 6.92 Å². The standard InChI is InChI=1S/C11H13NO2/c1-2-11(13)9-12(14)8-10-6-4-3-5-7-10/h3-8H,2,9H2,1H3. The van der Waals surface area contributed by atoms with Gasteiger partial charge in [0.1, 0.15) is 0 Å². The van der Waals surface area contributed by atoms with Crippen LogP contribution in [0, 0.1) is 5.21 Å². The summed E-state index contributed by atoms with van der Waals surface area (Å²) >= 11 is 0. The van der Waals surface area contributed by atoms with E-state index in [2.05, 4.69) is 0 Å². The zero-order valence-electron chi connectivity index (χ0n) is 8.14. The molecule has 0 aliphatic carbocycles. The van der Waals surface area contributed by atoms with Crippen LogP contribution in [0.3, 0.4) is 0 Å². The van der Waals surface area contributed by atoms with Gasteiger partial charge in [0.2, 0.25) is 6.54 Å². The maximum absolute atomic E-state index is 11.2. The van der Waals surface area contributed by atoms with Gasteiger partial charge in [0.25, 0.3) is 0 Å². The lowest BCUT2D eigenvalue weighted by molar-refractivity contribution is -0.439. The van der Waals surface area contributed by atoms with E-state index in [-0.39, 0.29) is 12.3 Å². The molecule has 0 saturated carbocycles. The summed E-state index contributed by atoms with van der Waals surface area (Å²) in [6.07, 6.45) is 1.83. The molecular formula is C11H13NO2. The number of benzene rings is 1. The Kier molecular flexibility index (Phi) is 3.85. The highest BCUT2D eigenvalue weighted by Crippen LogP contribution is 1.94. The van der Waals surface area contributed by atoms with Crippen molar-refractivity contribution < 1.29 is 9.53 Å². The van der Waals surface area contributed by atoms with Gasteiger partial charge in [-0.25, -0.2) is 4.74 Å². The van der Waals surface area contributed by atoms with Gasteiger partial charge in [-0.05, 0) is 12.1 Å². The van der Waals surface area contributed by atoms with E-state index in [9.17, 15) is 10.0 Å². The topological polar surface area (TPSA) is 43.1 Å². The van der Waals surface area contributed by atoms with E-state index in [1.165, 1.54) is 6.21 Å². The van der Waals surface area contributed by atoms with Gasteiger partial charge in [-0.3, -0.25) is 4.79 Å². The fourth-order valence-corrected chi connectivity index (χ4v) is 1.04. The Morgan fingerprint density at radius 1 is 1.43 bits per heavy atom. The monoisotopic (exact) mass is 191 g/mol. The molecule has 3 nitrogen and oxygen atoms in total. The third-order valence-electron chi connectivity index (χ3n) is 1.82. The quantitative estimate of drug-likeness (QED) is 0.314. The number of hydrogen-bond donors (Lipinski definition) is 0. The van der Waals surface area contributed by atoms with E-state index in [4.69, 9.17) is 0 Å². The molecule has 74 valence electrons. The lowest BCUT2D eigenvalue weighted by Gasteiger charge is -2.01. The van der Waals surface area contributed by atoms with Gasteiger partial charge >= 0.3 is 0 Å². The van der Waals surface area contributed by atoms with E-state index in [0.717, 1.165) is 5.56 Å². The highest BCUT2D eigenvalue weighted by atomic mass is 16.5. The maximum Gasteiger partial charge on any atom is 0.211 e. The number of rotatable bonds is 4. The average Bonchev–Trinajstić information content (AvgIpc) is 2.19. The summed E-state index contributed by atoms with van der Waals surface area (Å²) in [6, 6.07) is 9.22. The van der Waals surface area contributed by atoms with Crippen molar-refractivity contribution in [2.24, 2.45) is 0 Å². The first-order valence-corrected chi connectivity index (χ1v) is 4.57. The number of carbonyl (C=O) groups is 1. The van der Waals surface area contributed by atoms with Crippen LogP contribution in [0.4, 0.5) is 0 Å². The number of hydroxylamine groups is 1. The molecule has 0 aromatic heterocycles. The van der Waals surface area contributed by atoms with Gasteiger partial charge < -0.3 is 5.21 Å². The molecule has 0 saturated heterocycles. The van der Waals surface area contributed by atoms with Crippen molar-refractivity contribution in [1.82, 2.24) is 0 Å². The molecule has 0 aliphatic rings. The van der Waals surface area contributed by atoms with Crippen LogP contribution in [0.2, 0.25) is 0 Å². The van der Waals surface area contributed by atoms with E-state index >= 15 is 0 Å². The van der Waals surface area contributed by atoms with E-state index in [0.29, 0.717) is 11.2 Å². The number of ketones is 1. The molecule has 0 amide bonds. The Morgan fingerprint density at radius 3 is 2.64 bits per heavy atom. The Bertz CT molecular complexity index is 330. The molecule has 0 N–H and O–H groups in total. The number of nitrogens with zero attached hydrogens (tertiary/aromatic N) is 1. The van der Waals surface area contributed by atoms with Crippen LogP contribution < -0.4 is 0 Å².